The summed E-state index contributed by atoms with van der Waals surface area (Å²) in [4.78, 5) is 33.6. The number of carbonyl (C=O) groups excluding carboxylic acids is 1. The van der Waals surface area contributed by atoms with E-state index < -0.39 is 0 Å². The van der Waals surface area contributed by atoms with Gasteiger partial charge in [-0.2, -0.15) is 0 Å². The van der Waals surface area contributed by atoms with E-state index in [0.717, 1.165) is 0 Å². The number of nitrogens with zero attached hydrogens (tertiary/aromatic N) is 3. The lowest BCUT2D eigenvalue weighted by Crippen LogP contribution is -2.33. The van der Waals surface area contributed by atoms with Crippen LogP contribution in [0.3, 0.4) is 0 Å². The van der Waals surface area contributed by atoms with Gasteiger partial charge in [0, 0.05) is 32.6 Å². The van der Waals surface area contributed by atoms with Crippen LogP contribution in [0.2, 0.25) is 0 Å². The molecule has 114 valence electrons. The van der Waals surface area contributed by atoms with Crippen LogP contribution < -0.4 is 16.2 Å². The van der Waals surface area contributed by atoms with Gasteiger partial charge in [-0.15, -0.1) is 0 Å². The van der Waals surface area contributed by atoms with Crippen LogP contribution in [0.15, 0.2) is 17.4 Å². The molecule has 1 amide bonds. The number of amides is 1. The summed E-state index contributed by atoms with van der Waals surface area (Å²) in [5, 5.41) is 14.3. The minimum atomic E-state index is -0.293. The van der Waals surface area contributed by atoms with Crippen molar-refractivity contribution >= 4 is 17.1 Å². The molecule has 0 bridgehead atoms. The van der Waals surface area contributed by atoms with Crippen LogP contribution in [0, 0.1) is 0 Å². The Balaban J connectivity index is 1.80. The van der Waals surface area contributed by atoms with Gasteiger partial charge in [0.2, 0.25) is 5.91 Å². The van der Waals surface area contributed by atoms with E-state index in [2.05, 4.69) is 25.6 Å². The first kappa shape index (κ1) is 15.1. The lowest BCUT2D eigenvalue weighted by Gasteiger charge is -2.06. The van der Waals surface area contributed by atoms with Crippen LogP contribution in [0.5, 0.6) is 0 Å². The predicted molar refractivity (Wildman–Crippen MR) is 75.7 cm³/mol. The predicted octanol–water partition coefficient (Wildman–Crippen LogP) is -1.79. The molecule has 9 nitrogen and oxygen atoms in total. The number of H-pyrrole nitrogens is 1. The Morgan fingerprint density at radius 3 is 3.00 bits per heavy atom. The highest BCUT2D eigenvalue weighted by molar-refractivity contribution is 5.76. The molecule has 0 unspecified atom stereocenters. The van der Waals surface area contributed by atoms with Crippen molar-refractivity contribution in [2.45, 2.75) is 13.0 Å². The van der Waals surface area contributed by atoms with Crippen molar-refractivity contribution < 1.29 is 9.90 Å². The average Bonchev–Trinajstić information content (AvgIpc) is 2.89. The Morgan fingerprint density at radius 2 is 2.19 bits per heavy atom. The van der Waals surface area contributed by atoms with E-state index >= 15 is 0 Å². The van der Waals surface area contributed by atoms with Gasteiger partial charge < -0.3 is 25.3 Å². The third-order valence-corrected chi connectivity index (χ3v) is 2.90. The van der Waals surface area contributed by atoms with Crippen molar-refractivity contribution in [3.63, 3.8) is 0 Å². The number of carbonyl (C=O) groups is 1. The quantitative estimate of drug-likeness (QED) is 0.426. The summed E-state index contributed by atoms with van der Waals surface area (Å²) in [6.07, 6.45) is 3.10. The number of hydrogen-bond acceptors (Lipinski definition) is 6. The molecule has 0 fully saturated rings. The largest absolute Gasteiger partial charge is 0.395 e. The topological polar surface area (TPSA) is 125 Å². The molecule has 0 saturated heterocycles. The van der Waals surface area contributed by atoms with E-state index in [0.29, 0.717) is 31.8 Å². The van der Waals surface area contributed by atoms with Crippen molar-refractivity contribution in [1.29, 1.82) is 0 Å². The lowest BCUT2D eigenvalue weighted by atomic mass is 10.4. The van der Waals surface area contributed by atoms with E-state index in [1.54, 1.807) is 4.57 Å². The molecule has 0 saturated carbocycles. The molecule has 0 spiro atoms. The van der Waals surface area contributed by atoms with Crippen LogP contribution in [-0.2, 0) is 11.3 Å². The van der Waals surface area contributed by atoms with E-state index in [4.69, 9.17) is 5.11 Å². The summed E-state index contributed by atoms with van der Waals surface area (Å²) in [5.41, 5.74) is 0.445. The first-order chi connectivity index (χ1) is 10.2. The highest BCUT2D eigenvalue weighted by atomic mass is 16.3. The number of nitrogens with one attached hydrogen (secondary N) is 3. The Labute approximate surface area is 120 Å². The zero-order valence-corrected chi connectivity index (χ0v) is 11.5. The molecule has 0 aliphatic heterocycles. The third kappa shape index (κ3) is 4.10. The second-order valence-electron chi connectivity index (χ2n) is 4.42. The van der Waals surface area contributed by atoms with E-state index in [9.17, 15) is 9.59 Å². The Hall–Kier alpha value is -2.26. The molecule has 0 atom stereocenters. The molecule has 2 aromatic rings. The standard InChI is InChI=1S/C12H18N6O3/c19-6-4-13-2-3-14-9(20)1-5-18-8-17-10-11(18)15-7-16-12(10)21/h7-8,13,19H,1-6H2,(H,14,20)(H,15,16,21). The van der Waals surface area contributed by atoms with Crippen molar-refractivity contribution in [1.82, 2.24) is 30.2 Å². The fraction of sp³-hybridized carbons (Fsp3) is 0.500. The summed E-state index contributed by atoms with van der Waals surface area (Å²) in [5.74, 6) is -0.0903. The fourth-order valence-electron chi connectivity index (χ4n) is 1.86. The number of hydrogen-bond donors (Lipinski definition) is 4. The second-order valence-corrected chi connectivity index (χ2v) is 4.42. The number of imidazole rings is 1. The van der Waals surface area contributed by atoms with E-state index in [1.807, 2.05) is 0 Å². The van der Waals surface area contributed by atoms with Gasteiger partial charge in [-0.3, -0.25) is 9.59 Å². The number of fused-ring (bicyclic) bond motifs is 1. The zero-order valence-electron chi connectivity index (χ0n) is 11.5. The molecule has 0 aromatic carbocycles. The Morgan fingerprint density at radius 1 is 1.33 bits per heavy atom. The molecule has 0 aliphatic carbocycles. The monoisotopic (exact) mass is 294 g/mol. The first-order valence-corrected chi connectivity index (χ1v) is 6.69. The molecular weight excluding hydrogens is 276 g/mol. The van der Waals surface area contributed by atoms with Gasteiger partial charge in [0.15, 0.2) is 11.2 Å². The van der Waals surface area contributed by atoms with Gasteiger partial charge in [0.1, 0.15) is 0 Å². The third-order valence-electron chi connectivity index (χ3n) is 2.90. The number of aliphatic hydroxyl groups excluding tert-OH is 1. The van der Waals surface area contributed by atoms with Gasteiger partial charge in [-0.1, -0.05) is 0 Å². The van der Waals surface area contributed by atoms with Crippen molar-refractivity contribution in [3.05, 3.63) is 23.0 Å². The zero-order chi connectivity index (χ0) is 15.1. The van der Waals surface area contributed by atoms with Crippen LogP contribution in [0.4, 0.5) is 0 Å². The maximum Gasteiger partial charge on any atom is 0.278 e. The van der Waals surface area contributed by atoms with Crippen molar-refractivity contribution in [2.75, 3.05) is 26.2 Å². The molecule has 2 heterocycles. The molecule has 2 rings (SSSR count). The normalized spacial score (nSPS) is 10.9. The molecule has 0 radical (unpaired) electrons. The fourth-order valence-corrected chi connectivity index (χ4v) is 1.86. The molecule has 21 heavy (non-hydrogen) atoms. The summed E-state index contributed by atoms with van der Waals surface area (Å²) in [6, 6.07) is 0. The van der Waals surface area contributed by atoms with Gasteiger partial charge in [0.25, 0.3) is 5.56 Å². The number of aryl methyl sites for hydroxylation is 1. The summed E-state index contributed by atoms with van der Waals surface area (Å²) < 4.78 is 1.67. The number of aromatic nitrogens is 4. The van der Waals surface area contributed by atoms with Crippen LogP contribution in [-0.4, -0.2) is 56.8 Å². The number of aliphatic hydroxyl groups is 1. The van der Waals surface area contributed by atoms with Crippen LogP contribution in [0.1, 0.15) is 6.42 Å². The van der Waals surface area contributed by atoms with E-state index in [-0.39, 0.29) is 30.0 Å². The second kappa shape index (κ2) is 7.50. The summed E-state index contributed by atoms with van der Waals surface area (Å²) >= 11 is 0. The average molecular weight is 294 g/mol. The van der Waals surface area contributed by atoms with Crippen molar-refractivity contribution in [3.8, 4) is 0 Å². The van der Waals surface area contributed by atoms with Gasteiger partial charge in [0.05, 0.1) is 19.3 Å². The molecule has 0 aliphatic rings. The molecule has 4 N–H and O–H groups in total. The van der Waals surface area contributed by atoms with Gasteiger partial charge in [-0.25, -0.2) is 9.97 Å². The minimum absolute atomic E-state index is 0.0772. The van der Waals surface area contributed by atoms with E-state index in [1.165, 1.54) is 12.7 Å². The lowest BCUT2D eigenvalue weighted by molar-refractivity contribution is -0.121. The smallest absolute Gasteiger partial charge is 0.278 e. The molecule has 2 aromatic heterocycles. The highest BCUT2D eigenvalue weighted by Gasteiger charge is 2.08. The summed E-state index contributed by atoms with van der Waals surface area (Å²) in [6.45, 7) is 2.10. The Bertz CT molecular complexity index is 650. The minimum Gasteiger partial charge on any atom is -0.395 e. The van der Waals surface area contributed by atoms with Gasteiger partial charge >= 0.3 is 0 Å². The van der Waals surface area contributed by atoms with Crippen LogP contribution >= 0.6 is 0 Å². The first-order valence-electron chi connectivity index (χ1n) is 6.69. The number of rotatable bonds is 8. The highest BCUT2D eigenvalue weighted by Crippen LogP contribution is 2.04. The van der Waals surface area contributed by atoms with Gasteiger partial charge in [-0.05, 0) is 0 Å². The maximum absolute atomic E-state index is 11.7. The SMILES string of the molecule is O=C(CCn1cnc2c(=O)[nH]cnc21)NCCNCCO. The molecular formula is C12H18N6O3. The maximum atomic E-state index is 11.7. The number of aromatic amines is 1. The summed E-state index contributed by atoms with van der Waals surface area (Å²) in [7, 11) is 0. The van der Waals surface area contributed by atoms with Crippen molar-refractivity contribution in [2.24, 2.45) is 0 Å². The molecule has 9 heteroatoms. The Kier molecular flexibility index (Phi) is 5.41. The van der Waals surface area contributed by atoms with Crippen LogP contribution in [0.25, 0.3) is 11.2 Å².